The third-order valence-corrected chi connectivity index (χ3v) is 4.33. The van der Waals surface area contributed by atoms with E-state index in [1.54, 1.807) is 6.20 Å². The summed E-state index contributed by atoms with van der Waals surface area (Å²) in [7, 11) is 0. The standard InChI is InChI=1S/C14H9Br2NO/c15-9-6-8-4-5-10-11(2-1-3-12(10)16)14(18)13(8)17-7-9/h1-3,6-7H,4-5H2. The molecule has 1 heterocycles. The average Bonchev–Trinajstić information content (AvgIpc) is 2.49. The maximum atomic E-state index is 12.5. The van der Waals surface area contributed by atoms with Crippen molar-refractivity contribution < 1.29 is 4.79 Å². The van der Waals surface area contributed by atoms with Crippen LogP contribution in [0.5, 0.6) is 0 Å². The maximum Gasteiger partial charge on any atom is 0.211 e. The molecule has 1 aliphatic rings. The van der Waals surface area contributed by atoms with Crippen LogP contribution in [0.15, 0.2) is 39.4 Å². The molecule has 0 amide bonds. The zero-order valence-corrected chi connectivity index (χ0v) is 12.6. The molecule has 0 fully saturated rings. The molecule has 2 nitrogen and oxygen atoms in total. The summed E-state index contributed by atoms with van der Waals surface area (Å²) in [6, 6.07) is 7.73. The topological polar surface area (TPSA) is 30.0 Å². The molecule has 0 N–H and O–H groups in total. The number of halogens is 2. The highest BCUT2D eigenvalue weighted by molar-refractivity contribution is 9.10. The third kappa shape index (κ3) is 1.93. The molecule has 0 spiro atoms. The zero-order chi connectivity index (χ0) is 12.7. The second-order valence-electron chi connectivity index (χ2n) is 4.26. The van der Waals surface area contributed by atoms with Crippen molar-refractivity contribution in [3.63, 3.8) is 0 Å². The number of hydrogen-bond acceptors (Lipinski definition) is 2. The number of nitrogens with zero attached hydrogens (tertiary/aromatic N) is 1. The summed E-state index contributed by atoms with van der Waals surface area (Å²) >= 11 is 6.92. The van der Waals surface area contributed by atoms with Crippen LogP contribution >= 0.6 is 31.9 Å². The summed E-state index contributed by atoms with van der Waals surface area (Å²) in [5.41, 5.74) is 3.43. The molecule has 0 bridgehead atoms. The van der Waals surface area contributed by atoms with Gasteiger partial charge in [-0.3, -0.25) is 9.78 Å². The molecule has 18 heavy (non-hydrogen) atoms. The lowest BCUT2D eigenvalue weighted by molar-refractivity contribution is 0.103. The Hall–Kier alpha value is -1.00. The number of benzene rings is 1. The van der Waals surface area contributed by atoms with Crippen LogP contribution < -0.4 is 0 Å². The van der Waals surface area contributed by atoms with Gasteiger partial charge in [0.25, 0.3) is 0 Å². The highest BCUT2D eigenvalue weighted by Crippen LogP contribution is 2.29. The van der Waals surface area contributed by atoms with E-state index >= 15 is 0 Å². The second-order valence-corrected chi connectivity index (χ2v) is 6.03. The van der Waals surface area contributed by atoms with Crippen molar-refractivity contribution in [1.29, 1.82) is 0 Å². The van der Waals surface area contributed by atoms with E-state index in [-0.39, 0.29) is 5.78 Å². The molecule has 0 saturated carbocycles. The number of rotatable bonds is 0. The van der Waals surface area contributed by atoms with E-state index in [1.807, 2.05) is 24.3 Å². The summed E-state index contributed by atoms with van der Waals surface area (Å²) in [6.45, 7) is 0. The van der Waals surface area contributed by atoms with Gasteiger partial charge in [-0.25, -0.2) is 0 Å². The van der Waals surface area contributed by atoms with Crippen LogP contribution in [0.2, 0.25) is 0 Å². The van der Waals surface area contributed by atoms with Crippen LogP contribution in [-0.4, -0.2) is 10.8 Å². The van der Waals surface area contributed by atoms with Gasteiger partial charge in [-0.1, -0.05) is 28.1 Å². The molecule has 0 saturated heterocycles. The molecule has 1 aromatic carbocycles. The lowest BCUT2D eigenvalue weighted by atomic mass is 10.0. The highest BCUT2D eigenvalue weighted by atomic mass is 79.9. The van der Waals surface area contributed by atoms with Crippen molar-refractivity contribution in [2.24, 2.45) is 0 Å². The molecular formula is C14H9Br2NO. The van der Waals surface area contributed by atoms with E-state index in [2.05, 4.69) is 36.8 Å². The van der Waals surface area contributed by atoms with Crippen molar-refractivity contribution in [2.75, 3.05) is 0 Å². The fourth-order valence-corrected chi connectivity index (χ4v) is 3.23. The van der Waals surface area contributed by atoms with Gasteiger partial charge in [0.1, 0.15) is 5.69 Å². The highest BCUT2D eigenvalue weighted by Gasteiger charge is 2.23. The number of carbonyl (C=O) groups is 1. The molecule has 1 aliphatic carbocycles. The van der Waals surface area contributed by atoms with Crippen LogP contribution in [0.3, 0.4) is 0 Å². The lowest BCUT2D eigenvalue weighted by Crippen LogP contribution is -2.06. The second kappa shape index (κ2) is 4.59. The van der Waals surface area contributed by atoms with Gasteiger partial charge < -0.3 is 0 Å². The number of aromatic nitrogens is 1. The van der Waals surface area contributed by atoms with Gasteiger partial charge in [0.05, 0.1) is 0 Å². The summed E-state index contributed by atoms with van der Waals surface area (Å²) in [5, 5.41) is 0. The van der Waals surface area contributed by atoms with Crippen molar-refractivity contribution in [3.8, 4) is 0 Å². The van der Waals surface area contributed by atoms with Gasteiger partial charge in [0.2, 0.25) is 5.78 Å². The minimum Gasteiger partial charge on any atom is -0.287 e. The van der Waals surface area contributed by atoms with E-state index in [1.165, 1.54) is 0 Å². The smallest absolute Gasteiger partial charge is 0.211 e. The molecule has 0 aliphatic heterocycles. The molecule has 1 aromatic heterocycles. The normalized spacial score (nSPS) is 13.8. The maximum absolute atomic E-state index is 12.5. The molecule has 0 atom stereocenters. The van der Waals surface area contributed by atoms with Gasteiger partial charge in [-0.2, -0.15) is 0 Å². The summed E-state index contributed by atoms with van der Waals surface area (Å²) in [4.78, 5) is 16.8. The van der Waals surface area contributed by atoms with Crippen LogP contribution in [0.4, 0.5) is 0 Å². The Morgan fingerprint density at radius 2 is 2.00 bits per heavy atom. The number of hydrogen-bond donors (Lipinski definition) is 0. The zero-order valence-electron chi connectivity index (χ0n) is 9.41. The first-order valence-corrected chi connectivity index (χ1v) is 7.22. The fraction of sp³-hybridized carbons (Fsp3) is 0.143. The van der Waals surface area contributed by atoms with Crippen molar-refractivity contribution in [1.82, 2.24) is 4.98 Å². The Balaban J connectivity index is 2.22. The first-order chi connectivity index (χ1) is 8.66. The van der Waals surface area contributed by atoms with E-state index < -0.39 is 0 Å². The van der Waals surface area contributed by atoms with Gasteiger partial charge in [0, 0.05) is 20.7 Å². The Bertz CT molecular complexity index is 652. The number of fused-ring (bicyclic) bond motifs is 2. The number of aryl methyl sites for hydroxylation is 1. The SMILES string of the molecule is O=C1c2cccc(Br)c2CCc2cc(Br)cnc21. The Kier molecular flexibility index (Phi) is 3.08. The lowest BCUT2D eigenvalue weighted by Gasteiger charge is -2.06. The van der Waals surface area contributed by atoms with Crippen molar-refractivity contribution in [3.05, 3.63) is 61.8 Å². The van der Waals surface area contributed by atoms with Crippen molar-refractivity contribution in [2.45, 2.75) is 12.8 Å². The predicted molar refractivity (Wildman–Crippen MR) is 76.9 cm³/mol. The summed E-state index contributed by atoms with van der Waals surface area (Å²) in [6.07, 6.45) is 3.37. The van der Waals surface area contributed by atoms with Crippen LogP contribution in [-0.2, 0) is 12.8 Å². The third-order valence-electron chi connectivity index (χ3n) is 3.16. The molecule has 0 unspecified atom stereocenters. The minimum atomic E-state index is 0.0197. The van der Waals surface area contributed by atoms with Crippen LogP contribution in [0.1, 0.15) is 27.2 Å². The quantitative estimate of drug-likeness (QED) is 0.706. The molecule has 4 heteroatoms. The molecule has 0 radical (unpaired) electrons. The number of pyridine rings is 1. The number of carbonyl (C=O) groups excluding carboxylic acids is 1. The Morgan fingerprint density at radius 3 is 2.83 bits per heavy atom. The molecular weight excluding hydrogens is 358 g/mol. The summed E-state index contributed by atoms with van der Waals surface area (Å²) in [5.74, 6) is 0.0197. The first-order valence-electron chi connectivity index (χ1n) is 5.63. The van der Waals surface area contributed by atoms with Gasteiger partial charge >= 0.3 is 0 Å². The average molecular weight is 367 g/mol. The van der Waals surface area contributed by atoms with Gasteiger partial charge in [0.15, 0.2) is 0 Å². The van der Waals surface area contributed by atoms with Crippen LogP contribution in [0.25, 0.3) is 0 Å². The van der Waals surface area contributed by atoms with Crippen molar-refractivity contribution >= 4 is 37.6 Å². The fourth-order valence-electron chi connectivity index (χ4n) is 2.29. The van der Waals surface area contributed by atoms with E-state index in [0.29, 0.717) is 5.69 Å². The minimum absolute atomic E-state index is 0.0197. The first kappa shape index (κ1) is 12.1. The largest absolute Gasteiger partial charge is 0.287 e. The Morgan fingerprint density at radius 1 is 1.17 bits per heavy atom. The van der Waals surface area contributed by atoms with Gasteiger partial charge in [-0.05, 0) is 52.0 Å². The Labute approximate surface area is 122 Å². The predicted octanol–water partition coefficient (Wildman–Crippen LogP) is 3.94. The van der Waals surface area contributed by atoms with Crippen LogP contribution in [0, 0.1) is 0 Å². The molecule has 2 aromatic rings. The molecule has 3 rings (SSSR count). The molecule has 90 valence electrons. The number of ketones is 1. The van der Waals surface area contributed by atoms with E-state index in [4.69, 9.17) is 0 Å². The summed E-state index contributed by atoms with van der Waals surface area (Å²) < 4.78 is 1.92. The van der Waals surface area contributed by atoms with E-state index in [0.717, 1.165) is 38.5 Å². The monoisotopic (exact) mass is 365 g/mol. The van der Waals surface area contributed by atoms with E-state index in [9.17, 15) is 4.79 Å². The van der Waals surface area contributed by atoms with Gasteiger partial charge in [-0.15, -0.1) is 0 Å².